The number of ether oxygens (including phenoxy) is 1. The summed E-state index contributed by atoms with van der Waals surface area (Å²) in [5.41, 5.74) is 0. The minimum Gasteiger partial charge on any atom is -0.456 e. The number of likely N-dealkylation sites (N-methyl/N-ethyl adjacent to an activating group) is 1. The van der Waals surface area contributed by atoms with E-state index in [4.69, 9.17) is 13.8 Å². The SMILES string of the molecule is CCCCC/C=C\C/C=C\C/C=C\CCCCCCCCC(=O)OC(/C=C\CCCCCCCCCCCC)C(COP(=O)(O)OCC[N+](C)(C)C)NC(=O)CCCCCCCCCCCCCCCCC/C=C/CCCCCCCC. The molecule has 0 rings (SSSR count). The van der Waals surface area contributed by atoms with Gasteiger partial charge in [-0.25, -0.2) is 4.57 Å². The van der Waals surface area contributed by atoms with Gasteiger partial charge in [0.1, 0.15) is 19.3 Å². The lowest BCUT2D eigenvalue weighted by molar-refractivity contribution is -0.870. The van der Waals surface area contributed by atoms with Crippen LogP contribution >= 0.6 is 7.82 Å². The van der Waals surface area contributed by atoms with E-state index in [0.29, 0.717) is 17.4 Å². The van der Waals surface area contributed by atoms with Gasteiger partial charge in [-0.2, -0.15) is 0 Å². The van der Waals surface area contributed by atoms with Crippen LogP contribution in [0.25, 0.3) is 0 Å². The van der Waals surface area contributed by atoms with Crippen molar-refractivity contribution in [1.29, 1.82) is 0 Å². The standard InChI is InChI=1S/C72H135N2O7P/c1-7-10-13-16-19-22-25-28-30-32-34-35-36-37-38-39-41-42-44-46-49-52-55-58-61-64-71(75)73-69(68-80-82(77,78)79-67-66-74(4,5)6)70(63-60-57-54-51-48-27-24-21-18-15-12-9-3)81-72(76)65-62-59-56-53-50-47-45-43-40-33-31-29-26-23-20-17-14-11-8-2/h20,23,28-31,40,43,60,63,69-70H,7-19,21-22,24-27,32-39,41-42,44-59,61-62,64-68H2,1-6H3,(H-,73,75,77,78)/p+1/b23-20-,30-28+,31-29-,43-40-,63-60-. The zero-order valence-electron chi connectivity index (χ0n) is 55.0. The van der Waals surface area contributed by atoms with Crippen LogP contribution in [-0.2, 0) is 27.9 Å². The summed E-state index contributed by atoms with van der Waals surface area (Å²) in [6.07, 6.45) is 79.4. The first-order valence-electron chi connectivity index (χ1n) is 35.1. The maximum absolute atomic E-state index is 13.6. The van der Waals surface area contributed by atoms with E-state index in [1.165, 1.54) is 218 Å². The molecule has 82 heavy (non-hydrogen) atoms. The van der Waals surface area contributed by atoms with Crippen molar-refractivity contribution in [2.45, 2.75) is 348 Å². The second kappa shape index (κ2) is 61.8. The number of hydrogen-bond acceptors (Lipinski definition) is 6. The first-order chi connectivity index (χ1) is 39.9. The summed E-state index contributed by atoms with van der Waals surface area (Å²) in [5, 5.41) is 3.07. The Balaban J connectivity index is 5.07. The van der Waals surface area contributed by atoms with Gasteiger partial charge in [0.2, 0.25) is 5.91 Å². The molecule has 0 aliphatic carbocycles. The Hall–Kier alpha value is -2.29. The summed E-state index contributed by atoms with van der Waals surface area (Å²) in [4.78, 5) is 37.9. The third kappa shape index (κ3) is 62.2. The molecular formula is C72H136N2O7P+. The third-order valence-corrected chi connectivity index (χ3v) is 16.7. The predicted molar refractivity (Wildman–Crippen MR) is 355 cm³/mol. The number of hydrogen-bond donors (Lipinski definition) is 2. The van der Waals surface area contributed by atoms with Crippen LogP contribution in [0.15, 0.2) is 60.8 Å². The number of rotatable bonds is 64. The zero-order valence-corrected chi connectivity index (χ0v) is 55.9. The fourth-order valence-corrected chi connectivity index (χ4v) is 11.0. The monoisotopic (exact) mass is 1170 g/mol. The van der Waals surface area contributed by atoms with E-state index in [2.05, 4.69) is 74.7 Å². The number of allylic oxidation sites excluding steroid dienone is 9. The Morgan fingerprint density at radius 1 is 0.427 bits per heavy atom. The van der Waals surface area contributed by atoms with Crippen molar-refractivity contribution in [2.24, 2.45) is 0 Å². The Morgan fingerprint density at radius 2 is 0.744 bits per heavy atom. The first-order valence-corrected chi connectivity index (χ1v) is 36.6. The van der Waals surface area contributed by atoms with Gasteiger partial charge in [-0.3, -0.25) is 18.6 Å². The average Bonchev–Trinajstić information content (AvgIpc) is 3.44. The van der Waals surface area contributed by atoms with Crippen molar-refractivity contribution in [3.05, 3.63) is 60.8 Å². The Morgan fingerprint density at radius 3 is 1.15 bits per heavy atom. The summed E-state index contributed by atoms with van der Waals surface area (Å²) in [6, 6.07) is -0.855. The van der Waals surface area contributed by atoms with Crippen LogP contribution in [0.4, 0.5) is 0 Å². The van der Waals surface area contributed by atoms with Gasteiger partial charge < -0.3 is 19.4 Å². The summed E-state index contributed by atoms with van der Waals surface area (Å²) >= 11 is 0. The van der Waals surface area contributed by atoms with Crippen molar-refractivity contribution in [2.75, 3.05) is 40.9 Å². The topological polar surface area (TPSA) is 111 Å². The van der Waals surface area contributed by atoms with Crippen molar-refractivity contribution in [3.63, 3.8) is 0 Å². The number of quaternary nitrogens is 1. The van der Waals surface area contributed by atoms with E-state index in [9.17, 15) is 19.0 Å². The molecule has 0 spiro atoms. The van der Waals surface area contributed by atoms with Gasteiger partial charge in [0, 0.05) is 12.8 Å². The number of esters is 1. The van der Waals surface area contributed by atoms with E-state index in [1.54, 1.807) is 0 Å². The number of carbonyl (C=O) groups is 2. The molecule has 0 radical (unpaired) electrons. The summed E-state index contributed by atoms with van der Waals surface area (Å²) in [6.45, 7) is 7.01. The molecule has 0 saturated heterocycles. The fraction of sp³-hybridized carbons (Fsp3) is 0.833. The lowest BCUT2D eigenvalue weighted by Gasteiger charge is -2.27. The third-order valence-electron chi connectivity index (χ3n) is 15.7. The lowest BCUT2D eigenvalue weighted by atomic mass is 10.0. The molecule has 0 saturated carbocycles. The van der Waals surface area contributed by atoms with Crippen LogP contribution in [0.1, 0.15) is 335 Å². The number of phosphoric ester groups is 1. The molecule has 10 heteroatoms. The quantitative estimate of drug-likeness (QED) is 0.0205. The fourth-order valence-electron chi connectivity index (χ4n) is 10.2. The first kappa shape index (κ1) is 79.7. The number of nitrogens with one attached hydrogen (secondary N) is 1. The van der Waals surface area contributed by atoms with E-state index >= 15 is 0 Å². The lowest BCUT2D eigenvalue weighted by Crippen LogP contribution is -2.47. The summed E-state index contributed by atoms with van der Waals surface area (Å²) < 4.78 is 30.8. The summed E-state index contributed by atoms with van der Waals surface area (Å²) in [7, 11) is 1.50. The molecule has 0 aliphatic rings. The molecule has 3 atom stereocenters. The highest BCUT2D eigenvalue weighted by Crippen LogP contribution is 2.43. The molecule has 0 heterocycles. The normalized spacial score (nSPS) is 13.9. The molecule has 0 aromatic rings. The van der Waals surface area contributed by atoms with E-state index in [-0.39, 0.29) is 31.5 Å². The highest BCUT2D eigenvalue weighted by Gasteiger charge is 2.30. The molecule has 2 N–H and O–H groups in total. The second-order valence-corrected chi connectivity index (χ2v) is 26.5. The van der Waals surface area contributed by atoms with E-state index in [0.717, 1.165) is 83.5 Å². The van der Waals surface area contributed by atoms with Gasteiger partial charge >= 0.3 is 13.8 Å². The average molecular weight is 1170 g/mol. The molecule has 0 aromatic carbocycles. The maximum atomic E-state index is 13.6. The van der Waals surface area contributed by atoms with Crippen LogP contribution in [-0.4, -0.2) is 74.3 Å². The second-order valence-electron chi connectivity index (χ2n) is 25.0. The van der Waals surface area contributed by atoms with Crippen LogP contribution < -0.4 is 5.32 Å². The smallest absolute Gasteiger partial charge is 0.456 e. The molecule has 0 bridgehead atoms. The van der Waals surface area contributed by atoms with Gasteiger partial charge in [-0.15, -0.1) is 0 Å². The number of amides is 1. The van der Waals surface area contributed by atoms with Gasteiger partial charge in [-0.1, -0.05) is 287 Å². The van der Waals surface area contributed by atoms with Crippen molar-refractivity contribution < 1.29 is 37.3 Å². The molecule has 0 fully saturated rings. The van der Waals surface area contributed by atoms with E-state index in [1.807, 2.05) is 33.3 Å². The number of carbonyl (C=O) groups excluding carboxylic acids is 2. The predicted octanol–water partition coefficient (Wildman–Crippen LogP) is 22.2. The van der Waals surface area contributed by atoms with Crippen molar-refractivity contribution in [3.8, 4) is 0 Å². The zero-order chi connectivity index (χ0) is 60.0. The minimum absolute atomic E-state index is 0.0379. The van der Waals surface area contributed by atoms with Gasteiger partial charge in [-0.05, 0) is 96.0 Å². The number of nitrogens with zero attached hydrogens (tertiary/aromatic N) is 1. The van der Waals surface area contributed by atoms with Crippen LogP contribution in [0, 0.1) is 0 Å². The molecule has 1 amide bonds. The molecule has 9 nitrogen and oxygen atoms in total. The summed E-state index contributed by atoms with van der Waals surface area (Å²) in [5.74, 6) is -0.508. The van der Waals surface area contributed by atoms with Gasteiger partial charge in [0.15, 0.2) is 0 Å². The maximum Gasteiger partial charge on any atom is 0.472 e. The Bertz CT molecular complexity index is 1590. The van der Waals surface area contributed by atoms with Crippen LogP contribution in [0.3, 0.4) is 0 Å². The molecular weight excluding hydrogens is 1040 g/mol. The van der Waals surface area contributed by atoms with Crippen molar-refractivity contribution in [1.82, 2.24) is 5.32 Å². The molecule has 0 aromatic heterocycles. The van der Waals surface area contributed by atoms with E-state index < -0.39 is 20.0 Å². The molecule has 3 unspecified atom stereocenters. The number of phosphoric acid groups is 1. The highest BCUT2D eigenvalue weighted by atomic mass is 31.2. The minimum atomic E-state index is -4.46. The van der Waals surface area contributed by atoms with Crippen LogP contribution in [0.2, 0.25) is 0 Å². The number of unbranched alkanes of at least 4 members (excludes halogenated alkanes) is 40. The largest absolute Gasteiger partial charge is 0.472 e. The Labute approximate surface area is 509 Å². The van der Waals surface area contributed by atoms with Gasteiger partial charge in [0.05, 0.1) is 33.8 Å². The van der Waals surface area contributed by atoms with Crippen molar-refractivity contribution >= 4 is 19.7 Å². The van der Waals surface area contributed by atoms with Gasteiger partial charge in [0.25, 0.3) is 0 Å². The Kier molecular flexibility index (Phi) is 60.1. The molecule has 0 aliphatic heterocycles. The van der Waals surface area contributed by atoms with Crippen LogP contribution in [0.5, 0.6) is 0 Å². The molecule has 480 valence electrons. The highest BCUT2D eigenvalue weighted by molar-refractivity contribution is 7.47.